The van der Waals surface area contributed by atoms with E-state index in [0.29, 0.717) is 15.4 Å². The lowest BCUT2D eigenvalue weighted by molar-refractivity contribution is 0.0235. The largest absolute Gasteiger partial charge is 0.497 e. The summed E-state index contributed by atoms with van der Waals surface area (Å²) in [6.45, 7) is 8.92. The Labute approximate surface area is 232 Å². The summed E-state index contributed by atoms with van der Waals surface area (Å²) < 4.78 is 7.20. The Bertz CT molecular complexity index is 1690. The van der Waals surface area contributed by atoms with Gasteiger partial charge in [0.2, 0.25) is 16.6 Å². The van der Waals surface area contributed by atoms with Crippen molar-refractivity contribution in [2.75, 3.05) is 7.11 Å². The molecule has 0 amide bonds. The second-order valence-electron chi connectivity index (χ2n) is 12.0. The molecule has 3 atom stereocenters. The van der Waals surface area contributed by atoms with Crippen LogP contribution in [0, 0.1) is 11.3 Å². The number of thiazole rings is 1. The molecule has 0 unspecified atom stereocenters. The van der Waals surface area contributed by atoms with Crippen molar-refractivity contribution in [3.05, 3.63) is 85.4 Å². The Kier molecular flexibility index (Phi) is 6.25. The van der Waals surface area contributed by atoms with E-state index >= 15 is 0 Å². The molecule has 6 rings (SSSR count). The molecule has 2 aromatic carbocycles. The molecule has 0 spiro atoms. The summed E-state index contributed by atoms with van der Waals surface area (Å²) in [5, 5.41) is 8.56. The van der Waals surface area contributed by atoms with Crippen LogP contribution < -0.4 is 14.8 Å². The van der Waals surface area contributed by atoms with Gasteiger partial charge in [-0.1, -0.05) is 75.8 Å². The van der Waals surface area contributed by atoms with Gasteiger partial charge in [0.1, 0.15) is 5.75 Å². The monoisotopic (exact) mass is 541 g/mol. The van der Waals surface area contributed by atoms with Gasteiger partial charge in [0, 0.05) is 5.41 Å². The van der Waals surface area contributed by atoms with Crippen LogP contribution in [-0.4, -0.2) is 27.5 Å². The van der Waals surface area contributed by atoms with Crippen LogP contribution in [0.5, 0.6) is 5.75 Å². The lowest BCUT2D eigenvalue weighted by atomic mass is 9.48. The number of carbonyl (C=O) groups excluding carboxylic acids is 1. The molecule has 2 heterocycles. The van der Waals surface area contributed by atoms with E-state index in [1.54, 1.807) is 7.11 Å². The van der Waals surface area contributed by atoms with Crippen molar-refractivity contribution < 1.29 is 9.53 Å². The maximum absolute atomic E-state index is 14.4. The van der Waals surface area contributed by atoms with Gasteiger partial charge >= 0.3 is 0 Å². The lowest BCUT2D eigenvalue weighted by Gasteiger charge is -2.54. The first-order valence-electron chi connectivity index (χ1n) is 13.9. The fourth-order valence-corrected chi connectivity index (χ4v) is 8.17. The minimum atomic E-state index is -0.612. The highest BCUT2D eigenvalue weighted by atomic mass is 32.1. The Balaban J connectivity index is 1.39. The van der Waals surface area contributed by atoms with E-state index < -0.39 is 5.41 Å². The normalized spacial score (nSPS) is 25.1. The van der Waals surface area contributed by atoms with Gasteiger partial charge < -0.3 is 4.74 Å². The first-order valence-corrected chi connectivity index (χ1v) is 14.7. The zero-order chi connectivity index (χ0) is 27.5. The molecule has 0 bridgehead atoms. The van der Waals surface area contributed by atoms with Crippen molar-refractivity contribution in [1.82, 2.24) is 14.6 Å². The van der Waals surface area contributed by atoms with Crippen LogP contribution in [0.25, 0.3) is 11.0 Å². The number of hydrogen-bond acceptors (Lipinski definition) is 6. The average Bonchev–Trinajstić information content (AvgIpc) is 3.48. The fourth-order valence-electron chi connectivity index (χ4n) is 7.26. The fraction of sp³-hybridized carbons (Fsp3) is 0.438. The SMILES string of the molecule is COc1ccc(/C=c2/sc3nnc(C(=O)[C@]4(C)CCC[C@]5(C)c6ccc(C(C)C)cc6CC[C@@H]45)n3c2=O)cc1. The van der Waals surface area contributed by atoms with Crippen molar-refractivity contribution in [2.24, 2.45) is 11.3 Å². The molecule has 2 aromatic heterocycles. The minimum Gasteiger partial charge on any atom is -0.497 e. The third-order valence-corrected chi connectivity index (χ3v) is 10.4. The molecule has 1 fully saturated rings. The van der Waals surface area contributed by atoms with E-state index in [0.717, 1.165) is 43.4 Å². The predicted octanol–water partition coefficient (Wildman–Crippen LogP) is 5.72. The van der Waals surface area contributed by atoms with E-state index in [9.17, 15) is 9.59 Å². The van der Waals surface area contributed by atoms with Gasteiger partial charge in [-0.25, -0.2) is 4.40 Å². The van der Waals surface area contributed by atoms with E-state index in [1.165, 1.54) is 32.4 Å². The van der Waals surface area contributed by atoms with Gasteiger partial charge in [-0.15, -0.1) is 10.2 Å². The van der Waals surface area contributed by atoms with Crippen LogP contribution in [0.4, 0.5) is 0 Å². The molecule has 1 saturated carbocycles. The number of ether oxygens (including phenoxy) is 1. The van der Waals surface area contributed by atoms with Gasteiger partial charge in [0.15, 0.2) is 0 Å². The molecular formula is C32H35N3O3S. The molecule has 0 aliphatic heterocycles. The first kappa shape index (κ1) is 25.9. The Hall–Kier alpha value is -3.32. The molecule has 2 aliphatic rings. The predicted molar refractivity (Wildman–Crippen MR) is 155 cm³/mol. The molecule has 0 saturated heterocycles. The summed E-state index contributed by atoms with van der Waals surface area (Å²) in [6, 6.07) is 14.5. The first-order chi connectivity index (χ1) is 18.7. The molecule has 4 aromatic rings. The van der Waals surface area contributed by atoms with Crippen LogP contribution >= 0.6 is 11.3 Å². The van der Waals surface area contributed by atoms with Gasteiger partial charge in [0.05, 0.1) is 11.6 Å². The van der Waals surface area contributed by atoms with E-state index in [-0.39, 0.29) is 28.5 Å². The Morgan fingerprint density at radius 2 is 1.90 bits per heavy atom. The van der Waals surface area contributed by atoms with Crippen LogP contribution in [0.2, 0.25) is 0 Å². The van der Waals surface area contributed by atoms with Crippen LogP contribution in [-0.2, 0) is 11.8 Å². The number of benzene rings is 2. The number of Topliss-reactive ketones (excluding diaryl/α,β-unsaturated/α-hetero) is 1. The van der Waals surface area contributed by atoms with Crippen LogP contribution in [0.1, 0.15) is 92.2 Å². The number of carbonyl (C=O) groups is 1. The quantitative estimate of drug-likeness (QED) is 0.302. The number of nitrogens with zero attached hydrogens (tertiary/aromatic N) is 3. The minimum absolute atomic E-state index is 0.0564. The topological polar surface area (TPSA) is 73.6 Å². The van der Waals surface area contributed by atoms with E-state index in [4.69, 9.17) is 4.74 Å². The van der Waals surface area contributed by atoms with Gasteiger partial charge in [-0.2, -0.15) is 0 Å². The van der Waals surface area contributed by atoms with Crippen molar-refractivity contribution in [2.45, 2.75) is 71.1 Å². The van der Waals surface area contributed by atoms with E-state index in [1.807, 2.05) is 30.3 Å². The molecule has 2 aliphatic carbocycles. The second-order valence-corrected chi connectivity index (χ2v) is 13.0. The number of methoxy groups -OCH3 is 1. The number of ketones is 1. The Morgan fingerprint density at radius 1 is 1.13 bits per heavy atom. The maximum atomic E-state index is 14.4. The van der Waals surface area contributed by atoms with E-state index in [2.05, 4.69) is 56.1 Å². The molecule has 7 heteroatoms. The highest BCUT2D eigenvalue weighted by Crippen LogP contribution is 2.58. The van der Waals surface area contributed by atoms with Crippen molar-refractivity contribution in [3.8, 4) is 5.75 Å². The summed E-state index contributed by atoms with van der Waals surface area (Å²) in [7, 11) is 1.62. The summed E-state index contributed by atoms with van der Waals surface area (Å²) in [6.07, 6.45) is 6.59. The molecule has 202 valence electrons. The summed E-state index contributed by atoms with van der Waals surface area (Å²) in [5.74, 6) is 1.54. The zero-order valence-corrected chi connectivity index (χ0v) is 24.1. The van der Waals surface area contributed by atoms with Gasteiger partial charge in [-0.3, -0.25) is 9.59 Å². The molecule has 39 heavy (non-hydrogen) atoms. The maximum Gasteiger partial charge on any atom is 0.276 e. The van der Waals surface area contributed by atoms with Gasteiger partial charge in [0.25, 0.3) is 5.56 Å². The average molecular weight is 542 g/mol. The Morgan fingerprint density at radius 3 is 2.62 bits per heavy atom. The lowest BCUT2D eigenvalue weighted by Crippen LogP contribution is -2.52. The number of rotatable bonds is 5. The standard InChI is InChI=1S/C32H35N3O3S/c1-19(2)21-9-13-24-22(18-21)10-14-26-31(24,3)15-6-16-32(26,4)27(36)28-33-34-30-35(28)29(37)25(39-30)17-20-7-11-23(38-5)12-8-20/h7-9,11-13,17-19,26H,6,10,14-16H2,1-5H3/b25-17+/t26-,31-,32-/m1/s1. The van der Waals surface area contributed by atoms with Gasteiger partial charge in [-0.05, 0) is 83.4 Å². The smallest absolute Gasteiger partial charge is 0.276 e. The highest BCUT2D eigenvalue weighted by Gasteiger charge is 2.55. The van der Waals surface area contributed by atoms with Crippen LogP contribution in [0.15, 0.2) is 47.3 Å². The van der Waals surface area contributed by atoms with Crippen molar-refractivity contribution in [1.29, 1.82) is 0 Å². The third-order valence-electron chi connectivity index (χ3n) is 9.43. The number of hydrogen-bond donors (Lipinski definition) is 0. The second kappa shape index (κ2) is 9.40. The van der Waals surface area contributed by atoms with Crippen LogP contribution in [0.3, 0.4) is 0 Å². The summed E-state index contributed by atoms with van der Waals surface area (Å²) in [4.78, 5) is 28.3. The number of fused-ring (bicyclic) bond motifs is 4. The van der Waals surface area contributed by atoms with Crippen molar-refractivity contribution >= 4 is 28.2 Å². The molecule has 6 nitrogen and oxygen atoms in total. The summed E-state index contributed by atoms with van der Waals surface area (Å²) >= 11 is 1.27. The third kappa shape index (κ3) is 4.05. The zero-order valence-electron chi connectivity index (χ0n) is 23.3. The molecular weight excluding hydrogens is 506 g/mol. The molecule has 0 radical (unpaired) electrons. The summed E-state index contributed by atoms with van der Waals surface area (Å²) in [5.41, 5.74) is 4.14. The van der Waals surface area contributed by atoms with Crippen molar-refractivity contribution in [3.63, 3.8) is 0 Å². The number of aryl methyl sites for hydroxylation is 1. The molecule has 0 N–H and O–H groups in total. The number of aromatic nitrogens is 3. The highest BCUT2D eigenvalue weighted by molar-refractivity contribution is 7.15.